The molecule has 2 aromatic carbocycles. The van der Waals surface area contributed by atoms with Crippen LogP contribution < -0.4 is 4.74 Å². The van der Waals surface area contributed by atoms with Gasteiger partial charge in [0.25, 0.3) is 5.91 Å². The average Bonchev–Trinajstić information content (AvgIpc) is 2.71. The van der Waals surface area contributed by atoms with Crippen LogP contribution in [0.25, 0.3) is 0 Å². The van der Waals surface area contributed by atoms with Crippen LogP contribution in [-0.4, -0.2) is 24.0 Å². The van der Waals surface area contributed by atoms with Gasteiger partial charge >= 0.3 is 0 Å². The number of carbonyl (C=O) groups excluding carboxylic acids is 1. The molecular formula is C18H21NO2. The number of hydrogen-bond donors (Lipinski definition) is 0. The molecule has 0 atom stereocenters. The molecule has 0 N–H and O–H groups in total. The second-order valence-electron chi connectivity index (χ2n) is 4.56. The smallest absolute Gasteiger partial charge is 0.258 e. The predicted molar refractivity (Wildman–Crippen MR) is 84.5 cm³/mol. The Morgan fingerprint density at radius 1 is 1.00 bits per heavy atom. The van der Waals surface area contributed by atoms with E-state index < -0.39 is 0 Å². The molecule has 110 valence electrons. The molecule has 0 radical (unpaired) electrons. The molecule has 1 aliphatic rings. The van der Waals surface area contributed by atoms with Crippen LogP contribution in [0.4, 0.5) is 0 Å². The number of rotatable bonds is 2. The zero-order valence-electron chi connectivity index (χ0n) is 12.6. The van der Waals surface area contributed by atoms with Crippen LogP contribution in [0.1, 0.15) is 29.8 Å². The molecular weight excluding hydrogens is 262 g/mol. The number of hydrogen-bond acceptors (Lipinski definition) is 2. The van der Waals surface area contributed by atoms with Gasteiger partial charge in [0.15, 0.2) is 0 Å². The SMILES string of the molecule is CC.O=C1c2ccccc2OCCN1Cc1ccccc1. The Hall–Kier alpha value is -2.29. The predicted octanol–water partition coefficient (Wildman–Crippen LogP) is 3.75. The van der Waals surface area contributed by atoms with E-state index in [0.29, 0.717) is 31.0 Å². The number of para-hydroxylation sites is 1. The van der Waals surface area contributed by atoms with E-state index in [1.807, 2.05) is 73.3 Å². The number of amides is 1. The summed E-state index contributed by atoms with van der Waals surface area (Å²) in [6.45, 7) is 5.77. The fourth-order valence-corrected chi connectivity index (χ4v) is 2.26. The van der Waals surface area contributed by atoms with Gasteiger partial charge in [-0.2, -0.15) is 0 Å². The lowest BCUT2D eigenvalue weighted by molar-refractivity contribution is 0.0743. The van der Waals surface area contributed by atoms with E-state index in [4.69, 9.17) is 4.74 Å². The molecule has 2 aromatic rings. The maximum absolute atomic E-state index is 12.5. The van der Waals surface area contributed by atoms with Gasteiger partial charge in [-0.1, -0.05) is 56.3 Å². The van der Waals surface area contributed by atoms with E-state index in [9.17, 15) is 4.79 Å². The highest BCUT2D eigenvalue weighted by atomic mass is 16.5. The van der Waals surface area contributed by atoms with Crippen LogP contribution in [0.5, 0.6) is 5.75 Å². The van der Waals surface area contributed by atoms with Crippen molar-refractivity contribution in [1.82, 2.24) is 4.90 Å². The van der Waals surface area contributed by atoms with Crippen molar-refractivity contribution in [3.05, 3.63) is 65.7 Å². The number of benzene rings is 2. The zero-order chi connectivity index (χ0) is 15.1. The topological polar surface area (TPSA) is 29.5 Å². The number of nitrogens with zero attached hydrogens (tertiary/aromatic N) is 1. The van der Waals surface area contributed by atoms with Crippen molar-refractivity contribution in [2.24, 2.45) is 0 Å². The van der Waals surface area contributed by atoms with Gasteiger partial charge in [0.1, 0.15) is 12.4 Å². The van der Waals surface area contributed by atoms with Gasteiger partial charge in [-0.05, 0) is 17.7 Å². The Kier molecular flexibility index (Phi) is 5.38. The summed E-state index contributed by atoms with van der Waals surface area (Å²) < 4.78 is 5.62. The number of fused-ring (bicyclic) bond motifs is 1. The van der Waals surface area contributed by atoms with Crippen molar-refractivity contribution in [3.8, 4) is 5.75 Å². The zero-order valence-corrected chi connectivity index (χ0v) is 12.6. The van der Waals surface area contributed by atoms with Crippen molar-refractivity contribution in [2.45, 2.75) is 20.4 Å². The Morgan fingerprint density at radius 3 is 2.43 bits per heavy atom. The van der Waals surface area contributed by atoms with Gasteiger partial charge in [-0.25, -0.2) is 0 Å². The number of carbonyl (C=O) groups is 1. The molecule has 0 spiro atoms. The minimum atomic E-state index is 0.0388. The molecule has 0 fully saturated rings. The third kappa shape index (κ3) is 3.63. The first-order valence-corrected chi connectivity index (χ1v) is 7.39. The van der Waals surface area contributed by atoms with Crippen molar-refractivity contribution in [2.75, 3.05) is 13.2 Å². The summed E-state index contributed by atoms with van der Waals surface area (Å²) in [6.07, 6.45) is 0. The van der Waals surface area contributed by atoms with Gasteiger partial charge in [0, 0.05) is 6.54 Å². The highest BCUT2D eigenvalue weighted by Crippen LogP contribution is 2.23. The molecule has 3 nitrogen and oxygen atoms in total. The van der Waals surface area contributed by atoms with Crippen LogP contribution >= 0.6 is 0 Å². The Bertz CT molecular complexity index is 581. The summed E-state index contributed by atoms with van der Waals surface area (Å²) in [4.78, 5) is 14.3. The lowest BCUT2D eigenvalue weighted by Crippen LogP contribution is -2.31. The van der Waals surface area contributed by atoms with Crippen molar-refractivity contribution < 1.29 is 9.53 Å². The fraction of sp³-hybridized carbons (Fsp3) is 0.278. The van der Waals surface area contributed by atoms with Crippen molar-refractivity contribution in [1.29, 1.82) is 0 Å². The van der Waals surface area contributed by atoms with E-state index in [1.54, 1.807) is 0 Å². The minimum Gasteiger partial charge on any atom is -0.491 e. The van der Waals surface area contributed by atoms with Crippen LogP contribution in [0.2, 0.25) is 0 Å². The quantitative estimate of drug-likeness (QED) is 0.840. The highest BCUT2D eigenvalue weighted by Gasteiger charge is 2.22. The van der Waals surface area contributed by atoms with Gasteiger partial charge in [-0.15, -0.1) is 0 Å². The standard InChI is InChI=1S/C16H15NO2.C2H6/c18-16-14-8-4-5-9-15(14)19-11-10-17(16)12-13-6-2-1-3-7-13;1-2/h1-9H,10-12H2;1-2H3. The first-order chi connectivity index (χ1) is 10.3. The fourth-order valence-electron chi connectivity index (χ4n) is 2.26. The molecule has 0 unspecified atom stereocenters. The van der Waals surface area contributed by atoms with Crippen LogP contribution in [0.15, 0.2) is 54.6 Å². The van der Waals surface area contributed by atoms with Crippen LogP contribution in [0.3, 0.4) is 0 Å². The van der Waals surface area contributed by atoms with E-state index in [-0.39, 0.29) is 5.91 Å². The monoisotopic (exact) mass is 283 g/mol. The third-order valence-corrected chi connectivity index (χ3v) is 3.24. The lowest BCUT2D eigenvalue weighted by Gasteiger charge is -2.19. The Morgan fingerprint density at radius 2 is 1.67 bits per heavy atom. The van der Waals surface area contributed by atoms with Crippen molar-refractivity contribution >= 4 is 5.91 Å². The largest absolute Gasteiger partial charge is 0.491 e. The van der Waals surface area contributed by atoms with Crippen LogP contribution in [-0.2, 0) is 6.54 Å². The van der Waals surface area contributed by atoms with E-state index in [0.717, 1.165) is 5.56 Å². The average molecular weight is 283 g/mol. The molecule has 1 aliphatic heterocycles. The molecule has 21 heavy (non-hydrogen) atoms. The molecule has 1 amide bonds. The molecule has 3 rings (SSSR count). The Balaban J connectivity index is 0.000000774. The Labute approximate surface area is 126 Å². The summed E-state index contributed by atoms with van der Waals surface area (Å²) in [5.74, 6) is 0.722. The maximum Gasteiger partial charge on any atom is 0.258 e. The molecule has 0 saturated carbocycles. The summed E-state index contributed by atoms with van der Waals surface area (Å²) in [7, 11) is 0. The summed E-state index contributed by atoms with van der Waals surface area (Å²) in [6, 6.07) is 17.4. The second kappa shape index (κ2) is 7.48. The van der Waals surface area contributed by atoms with Gasteiger partial charge in [0.2, 0.25) is 0 Å². The molecule has 0 saturated heterocycles. The molecule has 1 heterocycles. The van der Waals surface area contributed by atoms with Gasteiger partial charge in [-0.3, -0.25) is 4.79 Å². The maximum atomic E-state index is 12.5. The van der Waals surface area contributed by atoms with Crippen molar-refractivity contribution in [3.63, 3.8) is 0 Å². The molecule has 0 aliphatic carbocycles. The summed E-state index contributed by atoms with van der Waals surface area (Å²) in [5, 5.41) is 0. The minimum absolute atomic E-state index is 0.0388. The second-order valence-corrected chi connectivity index (χ2v) is 4.56. The lowest BCUT2D eigenvalue weighted by atomic mass is 10.1. The summed E-state index contributed by atoms with van der Waals surface area (Å²) >= 11 is 0. The third-order valence-electron chi connectivity index (χ3n) is 3.24. The first kappa shape index (κ1) is 15.1. The highest BCUT2D eigenvalue weighted by molar-refractivity contribution is 5.97. The van der Waals surface area contributed by atoms with Gasteiger partial charge < -0.3 is 9.64 Å². The molecule has 3 heteroatoms. The van der Waals surface area contributed by atoms with E-state index >= 15 is 0 Å². The molecule has 0 aromatic heterocycles. The molecule has 0 bridgehead atoms. The van der Waals surface area contributed by atoms with Gasteiger partial charge in [0.05, 0.1) is 12.1 Å². The van der Waals surface area contributed by atoms with Crippen LogP contribution in [0, 0.1) is 0 Å². The van der Waals surface area contributed by atoms with E-state index in [1.165, 1.54) is 0 Å². The first-order valence-electron chi connectivity index (χ1n) is 7.39. The summed E-state index contributed by atoms with van der Waals surface area (Å²) in [5.41, 5.74) is 1.78. The van der Waals surface area contributed by atoms with E-state index in [2.05, 4.69) is 0 Å². The number of ether oxygens (including phenoxy) is 1. The normalized spacial score (nSPS) is 13.4.